The molecule has 6 nitrogen and oxygen atoms in total. The van der Waals surface area contributed by atoms with Crippen LogP contribution in [-0.4, -0.2) is 70.3 Å². The first-order valence-electron chi connectivity index (χ1n) is 12.1. The molecule has 0 aliphatic carbocycles. The molecule has 2 aromatic carbocycles. The monoisotopic (exact) mass is 444 g/mol. The Bertz CT molecular complexity index is 1150. The van der Waals surface area contributed by atoms with Crippen molar-refractivity contribution in [1.29, 1.82) is 0 Å². The van der Waals surface area contributed by atoms with Crippen LogP contribution in [0.3, 0.4) is 0 Å². The summed E-state index contributed by atoms with van der Waals surface area (Å²) in [5.41, 5.74) is 4.28. The summed E-state index contributed by atoms with van der Waals surface area (Å²) >= 11 is 0. The third-order valence-corrected chi connectivity index (χ3v) is 7.25. The van der Waals surface area contributed by atoms with Gasteiger partial charge in [-0.1, -0.05) is 62.4 Å². The highest BCUT2D eigenvalue weighted by Crippen LogP contribution is 2.42. The number of aromatic amines is 1. The van der Waals surface area contributed by atoms with Gasteiger partial charge in [0.25, 0.3) is 0 Å². The summed E-state index contributed by atoms with van der Waals surface area (Å²) < 4.78 is 0. The number of hydrogen-bond acceptors (Lipinski definition) is 3. The normalized spacial score (nSPS) is 20.5. The lowest BCUT2D eigenvalue weighted by Gasteiger charge is -2.47. The molecule has 2 atom stereocenters. The van der Waals surface area contributed by atoms with E-state index >= 15 is 0 Å². The number of fused-ring (bicyclic) bond motifs is 4. The number of amides is 2. The molecule has 2 amide bonds. The number of carbonyl (C=O) groups is 2. The van der Waals surface area contributed by atoms with Gasteiger partial charge in [0.1, 0.15) is 6.04 Å². The topological polar surface area (TPSA) is 59.6 Å². The molecular formula is C27H32N4O2. The van der Waals surface area contributed by atoms with Gasteiger partial charge in [0.2, 0.25) is 11.8 Å². The van der Waals surface area contributed by atoms with Crippen LogP contribution in [0.15, 0.2) is 54.6 Å². The summed E-state index contributed by atoms with van der Waals surface area (Å²) in [6.07, 6.45) is 1.44. The van der Waals surface area contributed by atoms with Crippen molar-refractivity contribution in [1.82, 2.24) is 19.7 Å². The summed E-state index contributed by atoms with van der Waals surface area (Å²) in [6.45, 7) is 8.04. The Kier molecular flexibility index (Phi) is 5.94. The van der Waals surface area contributed by atoms with Crippen molar-refractivity contribution < 1.29 is 9.59 Å². The van der Waals surface area contributed by atoms with Crippen LogP contribution in [0.25, 0.3) is 10.9 Å². The highest BCUT2D eigenvalue weighted by molar-refractivity contribution is 5.97. The zero-order valence-electron chi connectivity index (χ0n) is 19.5. The minimum atomic E-state index is -0.461. The number of para-hydroxylation sites is 1. The zero-order chi connectivity index (χ0) is 22.9. The number of benzene rings is 2. The minimum absolute atomic E-state index is 0.0283. The molecule has 0 radical (unpaired) electrons. The Morgan fingerprint density at radius 1 is 1.00 bits per heavy atom. The average molecular weight is 445 g/mol. The molecule has 1 N–H and O–H groups in total. The van der Waals surface area contributed by atoms with Gasteiger partial charge in [0, 0.05) is 29.6 Å². The van der Waals surface area contributed by atoms with Crippen molar-refractivity contribution in [3.8, 4) is 0 Å². The number of hydrogen-bond donors (Lipinski definition) is 1. The van der Waals surface area contributed by atoms with E-state index in [2.05, 4.69) is 48.0 Å². The minimum Gasteiger partial charge on any atom is -0.356 e. The number of carbonyl (C=O) groups excluding carboxylic acids is 2. The van der Waals surface area contributed by atoms with Gasteiger partial charge in [-0.05, 0) is 43.2 Å². The van der Waals surface area contributed by atoms with Crippen molar-refractivity contribution in [2.24, 2.45) is 0 Å². The zero-order valence-corrected chi connectivity index (χ0v) is 19.5. The maximum atomic E-state index is 13.7. The number of piperazine rings is 1. The maximum Gasteiger partial charge on any atom is 0.246 e. The number of aromatic nitrogens is 1. The quantitative estimate of drug-likeness (QED) is 0.606. The Hall–Kier alpha value is -3.12. The molecular weight excluding hydrogens is 412 g/mol. The number of H-pyrrole nitrogens is 1. The second kappa shape index (κ2) is 9.02. The molecule has 1 saturated heterocycles. The lowest BCUT2D eigenvalue weighted by molar-refractivity contribution is -0.158. The Morgan fingerprint density at radius 2 is 1.73 bits per heavy atom. The second-order valence-corrected chi connectivity index (χ2v) is 9.04. The Morgan fingerprint density at radius 3 is 2.48 bits per heavy atom. The number of nitrogens with one attached hydrogen (secondary N) is 1. The van der Waals surface area contributed by atoms with E-state index in [4.69, 9.17) is 0 Å². The van der Waals surface area contributed by atoms with Crippen LogP contribution in [-0.2, 0) is 16.0 Å². The van der Waals surface area contributed by atoms with Crippen molar-refractivity contribution >= 4 is 22.7 Å². The summed E-state index contributed by atoms with van der Waals surface area (Å²) in [5.74, 6) is 0.103. The van der Waals surface area contributed by atoms with Crippen LogP contribution in [0.1, 0.15) is 43.1 Å². The molecule has 1 aromatic heterocycles. The van der Waals surface area contributed by atoms with E-state index in [0.29, 0.717) is 13.0 Å². The molecule has 33 heavy (non-hydrogen) atoms. The van der Waals surface area contributed by atoms with E-state index in [-0.39, 0.29) is 24.4 Å². The molecule has 0 spiro atoms. The summed E-state index contributed by atoms with van der Waals surface area (Å²) in [7, 11) is 0. The highest BCUT2D eigenvalue weighted by Gasteiger charge is 2.47. The molecule has 2 aliphatic rings. The summed E-state index contributed by atoms with van der Waals surface area (Å²) in [5, 5.41) is 1.15. The standard InChI is InChI=1S/C27H32N4O2/c1-3-29(4-2)15-10-16-30-18-24(32)31-23(27(30)33)17-21-20-13-8-9-14-22(20)28-25(21)26(31)19-11-6-5-7-12-19/h5-9,11-14,23,26,28H,3-4,10,15-18H2,1-2H3. The fourth-order valence-corrected chi connectivity index (χ4v) is 5.52. The molecule has 172 valence electrons. The smallest absolute Gasteiger partial charge is 0.246 e. The first-order chi connectivity index (χ1) is 16.1. The van der Waals surface area contributed by atoms with Gasteiger partial charge in [-0.2, -0.15) is 0 Å². The van der Waals surface area contributed by atoms with Gasteiger partial charge >= 0.3 is 0 Å². The van der Waals surface area contributed by atoms with Gasteiger partial charge in [-0.3, -0.25) is 9.59 Å². The number of rotatable bonds is 7. The predicted molar refractivity (Wildman–Crippen MR) is 130 cm³/mol. The van der Waals surface area contributed by atoms with Crippen LogP contribution < -0.4 is 0 Å². The molecule has 0 bridgehead atoms. The van der Waals surface area contributed by atoms with Crippen LogP contribution in [0.2, 0.25) is 0 Å². The summed E-state index contributed by atoms with van der Waals surface area (Å²) in [4.78, 5) is 36.7. The lowest BCUT2D eigenvalue weighted by atomic mass is 9.86. The van der Waals surface area contributed by atoms with E-state index in [0.717, 1.165) is 53.8 Å². The molecule has 1 fully saturated rings. The SMILES string of the molecule is CCN(CC)CCCN1CC(=O)N2C(Cc3c([nH]c4ccccc34)C2c2ccccc2)C1=O. The van der Waals surface area contributed by atoms with Crippen molar-refractivity contribution in [3.63, 3.8) is 0 Å². The molecule has 5 rings (SSSR count). The van der Waals surface area contributed by atoms with Crippen LogP contribution in [0.4, 0.5) is 0 Å². The summed E-state index contributed by atoms with van der Waals surface area (Å²) in [6, 6.07) is 17.6. The largest absolute Gasteiger partial charge is 0.356 e. The van der Waals surface area contributed by atoms with Crippen LogP contribution in [0, 0.1) is 0 Å². The van der Waals surface area contributed by atoms with E-state index in [1.54, 1.807) is 4.90 Å². The van der Waals surface area contributed by atoms with Crippen molar-refractivity contribution in [2.75, 3.05) is 32.7 Å². The fraction of sp³-hybridized carbons (Fsp3) is 0.407. The first kappa shape index (κ1) is 21.7. The van der Waals surface area contributed by atoms with E-state index in [1.807, 2.05) is 35.2 Å². The fourth-order valence-electron chi connectivity index (χ4n) is 5.52. The molecule has 3 aromatic rings. The second-order valence-electron chi connectivity index (χ2n) is 9.04. The Labute approximate surface area is 195 Å². The maximum absolute atomic E-state index is 13.7. The van der Waals surface area contributed by atoms with Crippen LogP contribution >= 0.6 is 0 Å². The van der Waals surface area contributed by atoms with Gasteiger partial charge in [0.15, 0.2) is 0 Å². The molecule has 3 heterocycles. The third-order valence-electron chi connectivity index (χ3n) is 7.25. The van der Waals surface area contributed by atoms with Crippen molar-refractivity contribution in [2.45, 2.75) is 38.8 Å². The predicted octanol–water partition coefficient (Wildman–Crippen LogP) is 3.58. The lowest BCUT2D eigenvalue weighted by Crippen LogP contribution is -2.63. The average Bonchev–Trinajstić information content (AvgIpc) is 3.22. The first-order valence-corrected chi connectivity index (χ1v) is 12.1. The van der Waals surface area contributed by atoms with Gasteiger partial charge in [-0.25, -0.2) is 0 Å². The highest BCUT2D eigenvalue weighted by atomic mass is 16.2. The van der Waals surface area contributed by atoms with Gasteiger partial charge in [0.05, 0.1) is 12.6 Å². The van der Waals surface area contributed by atoms with E-state index in [9.17, 15) is 9.59 Å². The van der Waals surface area contributed by atoms with Gasteiger partial charge in [-0.15, -0.1) is 0 Å². The molecule has 2 unspecified atom stereocenters. The number of nitrogens with zero attached hydrogens (tertiary/aromatic N) is 3. The van der Waals surface area contributed by atoms with E-state index < -0.39 is 6.04 Å². The van der Waals surface area contributed by atoms with Crippen molar-refractivity contribution in [3.05, 3.63) is 71.4 Å². The van der Waals surface area contributed by atoms with Gasteiger partial charge < -0.3 is 19.7 Å². The molecule has 6 heteroatoms. The van der Waals surface area contributed by atoms with Crippen LogP contribution in [0.5, 0.6) is 0 Å². The van der Waals surface area contributed by atoms with E-state index in [1.165, 1.54) is 0 Å². The molecule has 2 aliphatic heterocycles. The third kappa shape index (κ3) is 3.82. The molecule has 0 saturated carbocycles. The Balaban J connectivity index is 1.50.